The molecule has 0 aromatic heterocycles. The summed E-state index contributed by atoms with van der Waals surface area (Å²) in [5, 5.41) is 0. The van der Waals surface area contributed by atoms with Gasteiger partial charge in [0, 0.05) is 10.3 Å². The Balaban J connectivity index is 2.54. The molecule has 0 aliphatic carbocycles. The largest absolute Gasteiger partial charge is 0.462 e. The van der Waals surface area contributed by atoms with Crippen LogP contribution >= 0.6 is 22.6 Å². The summed E-state index contributed by atoms with van der Waals surface area (Å²) in [6.07, 6.45) is 2.81. The second kappa shape index (κ2) is 4.44. The molecule has 3 heteroatoms. The van der Waals surface area contributed by atoms with Crippen LogP contribution in [0.15, 0.2) is 0 Å². The number of carbonyl (C=O) groups excluding carboxylic acids is 1. The van der Waals surface area contributed by atoms with Crippen LogP contribution in [0.25, 0.3) is 0 Å². The molecule has 0 aromatic carbocycles. The fourth-order valence-electron chi connectivity index (χ4n) is 1.37. The van der Waals surface area contributed by atoms with Crippen molar-refractivity contribution in [2.75, 3.05) is 0 Å². The molecule has 0 bridgehead atoms. The topological polar surface area (TPSA) is 26.3 Å². The monoisotopic (exact) mass is 282 g/mol. The molecule has 1 aliphatic rings. The number of ether oxygens (including phenoxy) is 1. The highest BCUT2D eigenvalue weighted by molar-refractivity contribution is 14.1. The first-order valence-electron chi connectivity index (χ1n) is 4.43. The lowest BCUT2D eigenvalue weighted by Gasteiger charge is -2.25. The second-order valence-corrected chi connectivity index (χ2v) is 5.31. The first kappa shape index (κ1) is 10.3. The smallest absolute Gasteiger partial charge is 0.306 e. The molecular formula is C9H15IO2. The normalized spacial score (nSPS) is 38.2. The lowest BCUT2D eigenvalue weighted by Crippen LogP contribution is -2.27. The van der Waals surface area contributed by atoms with Gasteiger partial charge in [0.2, 0.25) is 0 Å². The molecule has 0 radical (unpaired) electrons. The quantitative estimate of drug-likeness (QED) is 0.388. The predicted octanol–water partition coefficient (Wildman–Crippen LogP) is 2.54. The lowest BCUT2D eigenvalue weighted by molar-refractivity contribution is -0.151. The number of hydrogen-bond acceptors (Lipinski definition) is 2. The number of esters is 1. The molecule has 1 unspecified atom stereocenters. The van der Waals surface area contributed by atoms with Gasteiger partial charge in [-0.25, -0.2) is 0 Å². The fourth-order valence-corrected chi connectivity index (χ4v) is 2.48. The van der Waals surface area contributed by atoms with E-state index in [1.807, 2.05) is 6.92 Å². The summed E-state index contributed by atoms with van der Waals surface area (Å²) >= 11 is 2.43. The summed E-state index contributed by atoms with van der Waals surface area (Å²) in [4.78, 5) is 11.1. The van der Waals surface area contributed by atoms with Gasteiger partial charge in [-0.15, -0.1) is 0 Å². The van der Waals surface area contributed by atoms with Crippen LogP contribution < -0.4 is 0 Å². The van der Waals surface area contributed by atoms with Crippen molar-refractivity contribution in [2.24, 2.45) is 5.92 Å². The average molecular weight is 282 g/mol. The maximum atomic E-state index is 11.1. The second-order valence-electron chi connectivity index (χ2n) is 3.54. The molecule has 2 nitrogen and oxygen atoms in total. The van der Waals surface area contributed by atoms with Crippen molar-refractivity contribution < 1.29 is 9.53 Å². The Bertz CT molecular complexity index is 170. The molecule has 70 valence electrons. The van der Waals surface area contributed by atoms with Gasteiger partial charge in [0.05, 0.1) is 0 Å². The molecule has 0 N–H and O–H groups in total. The molecule has 0 aromatic rings. The Labute approximate surface area is 87.2 Å². The van der Waals surface area contributed by atoms with E-state index in [1.54, 1.807) is 0 Å². The van der Waals surface area contributed by atoms with Crippen LogP contribution in [0.2, 0.25) is 0 Å². The minimum Gasteiger partial charge on any atom is -0.462 e. The summed E-state index contributed by atoms with van der Waals surface area (Å²) in [7, 11) is 0. The van der Waals surface area contributed by atoms with E-state index in [2.05, 4.69) is 29.5 Å². The molecule has 1 saturated heterocycles. The Kier molecular flexibility index (Phi) is 3.80. The number of carbonyl (C=O) groups is 1. The summed E-state index contributed by atoms with van der Waals surface area (Å²) in [5.41, 5.74) is 0. The summed E-state index contributed by atoms with van der Waals surface area (Å²) in [5.74, 6) is 0.465. The Morgan fingerprint density at radius 2 is 2.17 bits per heavy atom. The summed E-state index contributed by atoms with van der Waals surface area (Å²) in [6, 6.07) is 0. The van der Waals surface area contributed by atoms with Crippen LogP contribution in [-0.2, 0) is 9.53 Å². The maximum absolute atomic E-state index is 11.1. The third kappa shape index (κ3) is 2.92. The van der Waals surface area contributed by atoms with Crippen LogP contribution in [0.1, 0.15) is 33.1 Å². The van der Waals surface area contributed by atoms with Gasteiger partial charge in [0.25, 0.3) is 0 Å². The van der Waals surface area contributed by atoms with Crippen molar-refractivity contribution in [3.63, 3.8) is 0 Å². The van der Waals surface area contributed by atoms with Gasteiger partial charge in [0.1, 0.15) is 6.10 Å². The number of cyclic esters (lactones) is 1. The molecule has 12 heavy (non-hydrogen) atoms. The first-order chi connectivity index (χ1) is 5.59. The van der Waals surface area contributed by atoms with Gasteiger partial charge in [0.15, 0.2) is 0 Å². The van der Waals surface area contributed by atoms with Gasteiger partial charge in [-0.1, -0.05) is 29.5 Å². The molecule has 1 heterocycles. The number of alkyl halides is 1. The van der Waals surface area contributed by atoms with Crippen molar-refractivity contribution in [3.05, 3.63) is 0 Å². The Morgan fingerprint density at radius 3 is 2.83 bits per heavy atom. The van der Waals surface area contributed by atoms with Crippen molar-refractivity contribution >= 4 is 28.6 Å². The van der Waals surface area contributed by atoms with Crippen molar-refractivity contribution in [2.45, 2.75) is 43.1 Å². The predicted molar refractivity (Wildman–Crippen MR) is 56.4 cm³/mol. The standard InChI is InChI=1S/C9H15IO2/c1-6-5-8(10)3-4-9(11)12-7(6)2/h6-8H,3-5H2,1-2H3/t6-,7+,8?/m1/s1. The molecule has 1 fully saturated rings. The van der Waals surface area contributed by atoms with Crippen LogP contribution in [0.3, 0.4) is 0 Å². The fraction of sp³-hybridized carbons (Fsp3) is 0.889. The zero-order valence-corrected chi connectivity index (χ0v) is 9.71. The van der Waals surface area contributed by atoms with Crippen molar-refractivity contribution in [1.82, 2.24) is 0 Å². The average Bonchev–Trinajstić information content (AvgIpc) is 1.99. The SMILES string of the molecule is C[C@@H]1CC(I)CCC(=O)O[C@H]1C. The minimum atomic E-state index is -0.0317. The number of halogens is 1. The van der Waals surface area contributed by atoms with E-state index in [0.717, 1.165) is 12.8 Å². The van der Waals surface area contributed by atoms with Crippen LogP contribution in [-0.4, -0.2) is 16.0 Å². The van der Waals surface area contributed by atoms with E-state index >= 15 is 0 Å². The molecule has 0 amide bonds. The zero-order chi connectivity index (χ0) is 9.14. The van der Waals surface area contributed by atoms with Crippen molar-refractivity contribution in [1.29, 1.82) is 0 Å². The zero-order valence-electron chi connectivity index (χ0n) is 7.55. The molecule has 0 saturated carbocycles. The minimum absolute atomic E-state index is 0.0317. The highest BCUT2D eigenvalue weighted by Crippen LogP contribution is 2.25. The molecular weight excluding hydrogens is 267 g/mol. The Morgan fingerprint density at radius 1 is 1.50 bits per heavy atom. The van der Waals surface area contributed by atoms with E-state index in [1.165, 1.54) is 0 Å². The van der Waals surface area contributed by atoms with Gasteiger partial charge in [-0.2, -0.15) is 0 Å². The maximum Gasteiger partial charge on any atom is 0.306 e. The summed E-state index contributed by atoms with van der Waals surface area (Å²) < 4.78 is 5.84. The van der Waals surface area contributed by atoms with E-state index < -0.39 is 0 Å². The Hall–Kier alpha value is 0.200. The van der Waals surface area contributed by atoms with Gasteiger partial charge in [-0.05, 0) is 25.7 Å². The molecule has 0 spiro atoms. The lowest BCUT2D eigenvalue weighted by atomic mass is 9.97. The third-order valence-electron chi connectivity index (χ3n) is 2.41. The van der Waals surface area contributed by atoms with Gasteiger partial charge < -0.3 is 4.74 Å². The highest BCUT2D eigenvalue weighted by atomic mass is 127. The third-order valence-corrected chi connectivity index (χ3v) is 3.54. The van der Waals surface area contributed by atoms with E-state index in [-0.39, 0.29) is 12.1 Å². The van der Waals surface area contributed by atoms with Crippen molar-refractivity contribution in [3.8, 4) is 0 Å². The molecule has 3 atom stereocenters. The number of rotatable bonds is 0. The van der Waals surface area contributed by atoms with E-state index in [0.29, 0.717) is 16.3 Å². The van der Waals surface area contributed by atoms with Crippen LogP contribution in [0.5, 0.6) is 0 Å². The van der Waals surface area contributed by atoms with Crippen LogP contribution in [0.4, 0.5) is 0 Å². The molecule has 1 rings (SSSR count). The van der Waals surface area contributed by atoms with E-state index in [9.17, 15) is 4.79 Å². The van der Waals surface area contributed by atoms with Crippen LogP contribution in [0, 0.1) is 5.92 Å². The van der Waals surface area contributed by atoms with Gasteiger partial charge >= 0.3 is 5.97 Å². The first-order valence-corrected chi connectivity index (χ1v) is 5.67. The summed E-state index contributed by atoms with van der Waals surface area (Å²) in [6.45, 7) is 4.13. The van der Waals surface area contributed by atoms with Gasteiger partial charge in [-0.3, -0.25) is 4.79 Å². The number of hydrogen-bond donors (Lipinski definition) is 0. The molecule has 1 aliphatic heterocycles. The highest BCUT2D eigenvalue weighted by Gasteiger charge is 2.23. The van der Waals surface area contributed by atoms with E-state index in [4.69, 9.17) is 4.74 Å².